The molecule has 1 rings (SSSR count). The third-order valence-electron chi connectivity index (χ3n) is 2.77. The smallest absolute Gasteiger partial charge is 0.339 e. The Hall–Kier alpha value is -1.36. The van der Waals surface area contributed by atoms with Crippen molar-refractivity contribution in [3.05, 3.63) is 17.5 Å². The number of nitrogens with zero attached hydrogens (tertiary/aromatic N) is 2. The van der Waals surface area contributed by atoms with Gasteiger partial charge in [0.15, 0.2) is 0 Å². The number of nitrogens with one attached hydrogen (secondary N) is 1. The zero-order valence-corrected chi connectivity index (χ0v) is 10.0. The van der Waals surface area contributed by atoms with E-state index in [2.05, 4.69) is 24.3 Å². The molecule has 0 spiro atoms. The normalized spacial score (nSPS) is 12.7. The van der Waals surface area contributed by atoms with Gasteiger partial charge in [-0.2, -0.15) is 5.10 Å². The maximum atomic E-state index is 10.9. The number of hydrogen-bond acceptors (Lipinski definition) is 3. The molecular formula is C11H19N3O2. The van der Waals surface area contributed by atoms with Crippen molar-refractivity contribution < 1.29 is 9.90 Å². The Morgan fingerprint density at radius 3 is 2.94 bits per heavy atom. The Bertz CT molecular complexity index is 360. The molecule has 2 N–H and O–H groups in total. The average molecular weight is 225 g/mol. The molecular weight excluding hydrogens is 206 g/mol. The fourth-order valence-corrected chi connectivity index (χ4v) is 1.43. The highest BCUT2D eigenvalue weighted by molar-refractivity contribution is 5.88. The van der Waals surface area contributed by atoms with Crippen molar-refractivity contribution in [1.29, 1.82) is 0 Å². The average Bonchev–Trinajstić information content (AvgIpc) is 2.60. The van der Waals surface area contributed by atoms with Gasteiger partial charge in [0.2, 0.25) is 0 Å². The Kier molecular flexibility index (Phi) is 4.49. The van der Waals surface area contributed by atoms with Crippen LogP contribution in [-0.4, -0.2) is 27.4 Å². The summed E-state index contributed by atoms with van der Waals surface area (Å²) >= 11 is 0. The van der Waals surface area contributed by atoms with Crippen LogP contribution in [0.2, 0.25) is 0 Å². The quantitative estimate of drug-likeness (QED) is 0.764. The van der Waals surface area contributed by atoms with Crippen molar-refractivity contribution in [2.24, 2.45) is 13.0 Å². The molecule has 0 saturated heterocycles. The lowest BCUT2D eigenvalue weighted by molar-refractivity contribution is 0.0695. The standard InChI is InChI=1S/C11H19N3O2/c1-4-8(2)5-12-7-10-9(11(15)16)6-13-14(10)3/h6,8,12H,4-5,7H2,1-3H3,(H,15,16). The second-order valence-corrected chi connectivity index (χ2v) is 4.08. The molecule has 0 bridgehead atoms. The van der Waals surface area contributed by atoms with Crippen LogP contribution in [0.25, 0.3) is 0 Å². The van der Waals surface area contributed by atoms with Crippen LogP contribution in [0.4, 0.5) is 0 Å². The van der Waals surface area contributed by atoms with Crippen molar-refractivity contribution in [3.63, 3.8) is 0 Å². The van der Waals surface area contributed by atoms with Crippen LogP contribution in [0.15, 0.2) is 6.20 Å². The second-order valence-electron chi connectivity index (χ2n) is 4.08. The number of aromatic nitrogens is 2. The Labute approximate surface area is 95.5 Å². The Morgan fingerprint density at radius 1 is 1.69 bits per heavy atom. The van der Waals surface area contributed by atoms with E-state index in [1.807, 2.05) is 0 Å². The van der Waals surface area contributed by atoms with Crippen LogP contribution >= 0.6 is 0 Å². The highest BCUT2D eigenvalue weighted by Gasteiger charge is 2.14. The fourth-order valence-electron chi connectivity index (χ4n) is 1.43. The molecule has 5 heteroatoms. The first-order valence-electron chi connectivity index (χ1n) is 5.51. The largest absolute Gasteiger partial charge is 0.478 e. The van der Waals surface area contributed by atoms with Gasteiger partial charge in [0.25, 0.3) is 0 Å². The minimum atomic E-state index is -0.923. The van der Waals surface area contributed by atoms with Gasteiger partial charge in [-0.25, -0.2) is 4.79 Å². The Morgan fingerprint density at radius 2 is 2.38 bits per heavy atom. The molecule has 16 heavy (non-hydrogen) atoms. The molecule has 0 aromatic carbocycles. The van der Waals surface area contributed by atoms with Gasteiger partial charge in [0.1, 0.15) is 5.56 Å². The number of carboxylic acid groups (broad SMARTS) is 1. The summed E-state index contributed by atoms with van der Waals surface area (Å²) in [6, 6.07) is 0. The van der Waals surface area contributed by atoms with Crippen LogP contribution < -0.4 is 5.32 Å². The maximum absolute atomic E-state index is 10.9. The highest BCUT2D eigenvalue weighted by Crippen LogP contribution is 2.07. The first-order chi connectivity index (χ1) is 7.56. The molecule has 0 aliphatic rings. The summed E-state index contributed by atoms with van der Waals surface area (Å²) in [4.78, 5) is 10.9. The molecule has 90 valence electrons. The lowest BCUT2D eigenvalue weighted by Crippen LogP contribution is -2.23. The van der Waals surface area contributed by atoms with Gasteiger partial charge >= 0.3 is 5.97 Å². The first-order valence-corrected chi connectivity index (χ1v) is 5.51. The van der Waals surface area contributed by atoms with Gasteiger partial charge < -0.3 is 10.4 Å². The number of carbonyl (C=O) groups is 1. The van der Waals surface area contributed by atoms with E-state index in [0.29, 0.717) is 12.5 Å². The van der Waals surface area contributed by atoms with Crippen LogP contribution in [0.1, 0.15) is 36.3 Å². The molecule has 0 aliphatic heterocycles. The van der Waals surface area contributed by atoms with Gasteiger partial charge in [-0.1, -0.05) is 20.3 Å². The van der Waals surface area contributed by atoms with Crippen LogP contribution in [-0.2, 0) is 13.6 Å². The number of hydrogen-bond donors (Lipinski definition) is 2. The van der Waals surface area contributed by atoms with Crippen molar-refractivity contribution in [3.8, 4) is 0 Å². The van der Waals surface area contributed by atoms with Crippen LogP contribution in [0.5, 0.6) is 0 Å². The number of aromatic carboxylic acids is 1. The highest BCUT2D eigenvalue weighted by atomic mass is 16.4. The fraction of sp³-hybridized carbons (Fsp3) is 0.636. The topological polar surface area (TPSA) is 67.2 Å². The van der Waals surface area contributed by atoms with E-state index in [4.69, 9.17) is 5.11 Å². The molecule has 1 aromatic rings. The van der Waals surface area contributed by atoms with E-state index in [9.17, 15) is 4.79 Å². The summed E-state index contributed by atoms with van der Waals surface area (Å²) in [5.41, 5.74) is 0.995. The van der Waals surface area contributed by atoms with Crippen molar-refractivity contribution in [2.45, 2.75) is 26.8 Å². The molecule has 0 amide bonds. The van der Waals surface area contributed by atoms with Crippen molar-refractivity contribution in [1.82, 2.24) is 15.1 Å². The maximum Gasteiger partial charge on any atom is 0.339 e. The van der Waals surface area contributed by atoms with E-state index in [1.54, 1.807) is 11.7 Å². The van der Waals surface area contributed by atoms with E-state index < -0.39 is 5.97 Å². The lowest BCUT2D eigenvalue weighted by atomic mass is 10.1. The molecule has 1 unspecified atom stereocenters. The van der Waals surface area contributed by atoms with Crippen molar-refractivity contribution in [2.75, 3.05) is 6.54 Å². The van der Waals surface area contributed by atoms with Crippen LogP contribution in [0.3, 0.4) is 0 Å². The number of carboxylic acids is 1. The second kappa shape index (κ2) is 5.65. The zero-order chi connectivity index (χ0) is 12.1. The minimum absolute atomic E-state index is 0.277. The minimum Gasteiger partial charge on any atom is -0.478 e. The van der Waals surface area contributed by atoms with Gasteiger partial charge in [0, 0.05) is 13.6 Å². The van der Waals surface area contributed by atoms with Gasteiger partial charge in [-0.3, -0.25) is 4.68 Å². The predicted molar refractivity (Wildman–Crippen MR) is 61.3 cm³/mol. The van der Waals surface area contributed by atoms with Crippen molar-refractivity contribution >= 4 is 5.97 Å². The molecule has 0 fully saturated rings. The molecule has 0 aliphatic carbocycles. The summed E-state index contributed by atoms with van der Waals surface area (Å²) in [6.07, 6.45) is 2.51. The van der Waals surface area contributed by atoms with E-state index in [0.717, 1.165) is 18.7 Å². The lowest BCUT2D eigenvalue weighted by Gasteiger charge is -2.10. The third kappa shape index (κ3) is 3.06. The molecule has 0 radical (unpaired) electrons. The van der Waals surface area contributed by atoms with Crippen LogP contribution in [0, 0.1) is 5.92 Å². The monoisotopic (exact) mass is 225 g/mol. The zero-order valence-electron chi connectivity index (χ0n) is 10.0. The molecule has 5 nitrogen and oxygen atoms in total. The molecule has 1 atom stereocenters. The first kappa shape index (κ1) is 12.7. The molecule has 1 heterocycles. The SMILES string of the molecule is CCC(C)CNCc1c(C(=O)O)cnn1C. The third-order valence-corrected chi connectivity index (χ3v) is 2.77. The van der Waals surface area contributed by atoms with Gasteiger partial charge in [-0.15, -0.1) is 0 Å². The Balaban J connectivity index is 2.59. The summed E-state index contributed by atoms with van der Waals surface area (Å²) in [6.45, 7) is 5.73. The van der Waals surface area contributed by atoms with E-state index in [-0.39, 0.29) is 5.56 Å². The molecule has 0 saturated carbocycles. The van der Waals surface area contributed by atoms with E-state index in [1.165, 1.54) is 6.20 Å². The van der Waals surface area contributed by atoms with Gasteiger partial charge in [0.05, 0.1) is 11.9 Å². The number of aryl methyl sites for hydroxylation is 1. The summed E-state index contributed by atoms with van der Waals surface area (Å²) in [5.74, 6) is -0.324. The summed E-state index contributed by atoms with van der Waals surface area (Å²) < 4.78 is 1.60. The van der Waals surface area contributed by atoms with Gasteiger partial charge in [-0.05, 0) is 12.5 Å². The molecule has 1 aromatic heterocycles. The summed E-state index contributed by atoms with van der Waals surface area (Å²) in [7, 11) is 1.76. The predicted octanol–water partition coefficient (Wildman–Crippen LogP) is 1.25. The van der Waals surface area contributed by atoms with E-state index >= 15 is 0 Å². The summed E-state index contributed by atoms with van der Waals surface area (Å²) in [5, 5.41) is 16.2. The number of rotatable bonds is 6.